The lowest BCUT2D eigenvalue weighted by molar-refractivity contribution is -0.0524. The molecule has 25 heavy (non-hydrogen) atoms. The number of hydrogen-bond donors (Lipinski definition) is 0. The predicted octanol–water partition coefficient (Wildman–Crippen LogP) is 3.31. The van der Waals surface area contributed by atoms with Gasteiger partial charge in [0, 0.05) is 11.8 Å². The van der Waals surface area contributed by atoms with Crippen molar-refractivity contribution < 1.29 is 18.3 Å². The van der Waals surface area contributed by atoms with Crippen molar-refractivity contribution in [2.45, 2.75) is 20.1 Å². The summed E-state index contributed by atoms with van der Waals surface area (Å²) in [6, 6.07) is 8.80. The SMILES string of the molecule is COc1cccc(-c2cc(Cn3cnc(C)n3)cnc2OC(F)F)c1. The zero-order valence-electron chi connectivity index (χ0n) is 13.7. The Morgan fingerprint density at radius 3 is 2.72 bits per heavy atom. The number of hydrogen-bond acceptors (Lipinski definition) is 5. The van der Waals surface area contributed by atoms with Gasteiger partial charge in [-0.15, -0.1) is 0 Å². The molecule has 0 spiro atoms. The lowest BCUT2D eigenvalue weighted by Crippen LogP contribution is -2.07. The summed E-state index contributed by atoms with van der Waals surface area (Å²) in [5.41, 5.74) is 1.90. The molecule has 130 valence electrons. The van der Waals surface area contributed by atoms with Crippen LogP contribution in [-0.4, -0.2) is 33.5 Å². The van der Waals surface area contributed by atoms with Crippen LogP contribution in [0.2, 0.25) is 0 Å². The van der Waals surface area contributed by atoms with E-state index in [1.807, 2.05) is 0 Å². The van der Waals surface area contributed by atoms with Crippen molar-refractivity contribution >= 4 is 0 Å². The second kappa shape index (κ2) is 7.25. The molecule has 8 heteroatoms. The molecule has 0 fully saturated rings. The summed E-state index contributed by atoms with van der Waals surface area (Å²) in [5.74, 6) is 1.12. The minimum Gasteiger partial charge on any atom is -0.497 e. The third-order valence-electron chi connectivity index (χ3n) is 3.48. The normalized spacial score (nSPS) is 10.9. The fraction of sp³-hybridized carbons (Fsp3) is 0.235. The summed E-state index contributed by atoms with van der Waals surface area (Å²) in [4.78, 5) is 8.11. The molecule has 0 aliphatic carbocycles. The highest BCUT2D eigenvalue weighted by Gasteiger charge is 2.15. The standard InChI is InChI=1S/C17H16F2N4O2/c1-11-21-10-23(22-11)9-12-6-15(16(20-8-12)25-17(18)19)13-4-3-5-14(7-13)24-2/h3-8,10,17H,9H2,1-2H3. The van der Waals surface area contributed by atoms with E-state index in [1.165, 1.54) is 13.3 Å². The van der Waals surface area contributed by atoms with E-state index in [4.69, 9.17) is 4.74 Å². The molecule has 2 heterocycles. The number of benzene rings is 1. The first-order chi connectivity index (χ1) is 12.0. The van der Waals surface area contributed by atoms with Crippen LogP contribution in [0, 0.1) is 6.92 Å². The second-order valence-corrected chi connectivity index (χ2v) is 5.30. The monoisotopic (exact) mass is 346 g/mol. The molecule has 1 aromatic carbocycles. The Labute approximate surface area is 143 Å². The van der Waals surface area contributed by atoms with E-state index in [-0.39, 0.29) is 5.88 Å². The maximum absolute atomic E-state index is 12.7. The Bertz CT molecular complexity index is 867. The fourth-order valence-electron chi connectivity index (χ4n) is 2.41. The summed E-state index contributed by atoms with van der Waals surface area (Å²) < 4.78 is 36.8. The highest BCUT2D eigenvalue weighted by atomic mass is 19.3. The number of nitrogens with zero attached hydrogens (tertiary/aromatic N) is 4. The summed E-state index contributed by atoms with van der Waals surface area (Å²) >= 11 is 0. The second-order valence-electron chi connectivity index (χ2n) is 5.30. The predicted molar refractivity (Wildman–Crippen MR) is 86.7 cm³/mol. The molecule has 0 radical (unpaired) electrons. The van der Waals surface area contributed by atoms with Crippen LogP contribution in [0.3, 0.4) is 0 Å². The first-order valence-electron chi connectivity index (χ1n) is 7.49. The molecule has 6 nitrogen and oxygen atoms in total. The molecule has 0 aliphatic heterocycles. The third kappa shape index (κ3) is 4.09. The van der Waals surface area contributed by atoms with Crippen LogP contribution in [0.25, 0.3) is 11.1 Å². The molecule has 3 rings (SSSR count). The Hall–Kier alpha value is -3.03. The topological polar surface area (TPSA) is 62.1 Å². The van der Waals surface area contributed by atoms with Gasteiger partial charge in [0.15, 0.2) is 0 Å². The van der Waals surface area contributed by atoms with E-state index in [1.54, 1.807) is 48.3 Å². The molecule has 0 amide bonds. The molecular formula is C17H16F2N4O2. The maximum atomic E-state index is 12.7. The molecule has 0 saturated carbocycles. The number of aromatic nitrogens is 4. The van der Waals surface area contributed by atoms with Gasteiger partial charge in [0.1, 0.15) is 17.9 Å². The van der Waals surface area contributed by atoms with E-state index in [2.05, 4.69) is 19.8 Å². The van der Waals surface area contributed by atoms with E-state index >= 15 is 0 Å². The molecule has 0 saturated heterocycles. The van der Waals surface area contributed by atoms with E-state index in [9.17, 15) is 8.78 Å². The summed E-state index contributed by atoms with van der Waals surface area (Å²) in [6.45, 7) is -0.754. The van der Waals surface area contributed by atoms with Gasteiger partial charge in [-0.05, 0) is 36.2 Å². The molecule has 0 atom stereocenters. The summed E-state index contributed by atoms with van der Waals surface area (Å²) in [7, 11) is 1.54. The molecule has 2 aromatic heterocycles. The number of ether oxygens (including phenoxy) is 2. The van der Waals surface area contributed by atoms with Crippen LogP contribution in [0.5, 0.6) is 11.6 Å². The van der Waals surface area contributed by atoms with Crippen LogP contribution >= 0.6 is 0 Å². The van der Waals surface area contributed by atoms with Crippen molar-refractivity contribution in [3.8, 4) is 22.8 Å². The molecule has 0 N–H and O–H groups in total. The first-order valence-corrected chi connectivity index (χ1v) is 7.49. The molecule has 0 bridgehead atoms. The highest BCUT2D eigenvalue weighted by molar-refractivity contribution is 5.70. The van der Waals surface area contributed by atoms with Gasteiger partial charge in [-0.25, -0.2) is 14.6 Å². The van der Waals surface area contributed by atoms with Crippen LogP contribution in [0.4, 0.5) is 8.78 Å². The van der Waals surface area contributed by atoms with Crippen LogP contribution < -0.4 is 9.47 Å². The zero-order valence-corrected chi connectivity index (χ0v) is 13.7. The van der Waals surface area contributed by atoms with E-state index in [0.29, 0.717) is 29.2 Å². The van der Waals surface area contributed by atoms with Gasteiger partial charge in [-0.1, -0.05) is 12.1 Å². The molecule has 0 aliphatic rings. The first kappa shape index (κ1) is 16.8. The number of alkyl halides is 2. The average Bonchev–Trinajstić information content (AvgIpc) is 3.00. The quantitative estimate of drug-likeness (QED) is 0.685. The van der Waals surface area contributed by atoms with Gasteiger partial charge in [0.05, 0.1) is 13.7 Å². The van der Waals surface area contributed by atoms with Crippen molar-refractivity contribution in [3.63, 3.8) is 0 Å². The van der Waals surface area contributed by atoms with Crippen LogP contribution in [0.15, 0.2) is 42.9 Å². The number of pyridine rings is 1. The van der Waals surface area contributed by atoms with Crippen molar-refractivity contribution in [2.75, 3.05) is 7.11 Å². The van der Waals surface area contributed by atoms with Gasteiger partial charge >= 0.3 is 6.61 Å². The van der Waals surface area contributed by atoms with Crippen LogP contribution in [0.1, 0.15) is 11.4 Å². The molecule has 0 unspecified atom stereocenters. The van der Waals surface area contributed by atoms with Crippen molar-refractivity contribution in [3.05, 3.63) is 54.2 Å². The lowest BCUT2D eigenvalue weighted by Gasteiger charge is -2.12. The van der Waals surface area contributed by atoms with Crippen molar-refractivity contribution in [2.24, 2.45) is 0 Å². The van der Waals surface area contributed by atoms with Crippen LogP contribution in [-0.2, 0) is 6.54 Å². The average molecular weight is 346 g/mol. The number of rotatable bonds is 6. The minimum atomic E-state index is -2.96. The Kier molecular flexibility index (Phi) is 4.87. The lowest BCUT2D eigenvalue weighted by atomic mass is 10.0. The van der Waals surface area contributed by atoms with Crippen molar-refractivity contribution in [1.82, 2.24) is 19.7 Å². The van der Waals surface area contributed by atoms with Gasteiger partial charge in [0.2, 0.25) is 5.88 Å². The Balaban J connectivity index is 2.00. The largest absolute Gasteiger partial charge is 0.497 e. The minimum absolute atomic E-state index is 0.137. The molecule has 3 aromatic rings. The number of aryl methyl sites for hydroxylation is 1. The smallest absolute Gasteiger partial charge is 0.388 e. The fourth-order valence-corrected chi connectivity index (χ4v) is 2.41. The maximum Gasteiger partial charge on any atom is 0.388 e. The Morgan fingerprint density at radius 2 is 2.04 bits per heavy atom. The zero-order chi connectivity index (χ0) is 17.8. The van der Waals surface area contributed by atoms with Gasteiger partial charge in [0.25, 0.3) is 0 Å². The third-order valence-corrected chi connectivity index (χ3v) is 3.48. The number of halogens is 2. The van der Waals surface area contributed by atoms with E-state index < -0.39 is 6.61 Å². The molecular weight excluding hydrogens is 330 g/mol. The van der Waals surface area contributed by atoms with Gasteiger partial charge in [-0.3, -0.25) is 0 Å². The summed E-state index contributed by atoms with van der Waals surface area (Å²) in [5, 5.41) is 4.21. The highest BCUT2D eigenvalue weighted by Crippen LogP contribution is 2.32. The van der Waals surface area contributed by atoms with Crippen molar-refractivity contribution in [1.29, 1.82) is 0 Å². The number of methoxy groups -OCH3 is 1. The van der Waals surface area contributed by atoms with Gasteiger partial charge in [-0.2, -0.15) is 13.9 Å². The summed E-state index contributed by atoms with van der Waals surface area (Å²) in [6.07, 6.45) is 3.09. The Morgan fingerprint density at radius 1 is 1.20 bits per heavy atom. The van der Waals surface area contributed by atoms with Gasteiger partial charge < -0.3 is 9.47 Å². The van der Waals surface area contributed by atoms with E-state index in [0.717, 1.165) is 5.56 Å².